The van der Waals surface area contributed by atoms with Gasteiger partial charge in [-0.25, -0.2) is 9.97 Å². The molecule has 2 heterocycles. The summed E-state index contributed by atoms with van der Waals surface area (Å²) in [5.74, 6) is 0.588. The molecule has 2 aromatic rings. The molecule has 0 bridgehead atoms. The highest BCUT2D eigenvalue weighted by atomic mass is 16.5. The van der Waals surface area contributed by atoms with Gasteiger partial charge >= 0.3 is 0 Å². The summed E-state index contributed by atoms with van der Waals surface area (Å²) >= 11 is 0. The number of carbonyl (C=O) groups is 1. The molecule has 1 amide bonds. The van der Waals surface area contributed by atoms with Gasteiger partial charge in [0.25, 0.3) is 5.91 Å². The lowest BCUT2D eigenvalue weighted by molar-refractivity contribution is 0.0926. The van der Waals surface area contributed by atoms with Crippen LogP contribution in [0.5, 0.6) is 5.75 Å². The summed E-state index contributed by atoms with van der Waals surface area (Å²) in [6, 6.07) is 7.62. The Hall–Kier alpha value is -2.67. The fraction of sp³-hybridized carbons (Fsp3) is 0.389. The minimum atomic E-state index is -0.290. The minimum absolute atomic E-state index is 0.0902. The molecule has 0 radical (unpaired) electrons. The lowest BCUT2D eigenvalue weighted by Crippen LogP contribution is -2.46. The summed E-state index contributed by atoms with van der Waals surface area (Å²) in [5, 5.41) is 6.24. The number of rotatable bonds is 5. The van der Waals surface area contributed by atoms with Gasteiger partial charge in [0.1, 0.15) is 5.75 Å². The van der Waals surface area contributed by atoms with Crippen LogP contribution in [0, 0.1) is 0 Å². The molecule has 1 unspecified atom stereocenters. The molecule has 132 valence electrons. The van der Waals surface area contributed by atoms with Crippen LogP contribution in [0.1, 0.15) is 30.3 Å². The van der Waals surface area contributed by atoms with Crippen molar-refractivity contribution in [2.45, 2.75) is 25.8 Å². The lowest BCUT2D eigenvalue weighted by Gasteiger charge is -2.23. The van der Waals surface area contributed by atoms with Crippen molar-refractivity contribution in [2.24, 2.45) is 0 Å². The SMILES string of the molecule is CCOc1cccc(-c2cnc(N)c(C(=O)NC3CCCNC3)n2)c1. The predicted molar refractivity (Wildman–Crippen MR) is 96.4 cm³/mol. The highest BCUT2D eigenvalue weighted by Crippen LogP contribution is 2.23. The highest BCUT2D eigenvalue weighted by Gasteiger charge is 2.20. The number of nitrogen functional groups attached to an aromatic ring is 1. The Morgan fingerprint density at radius 1 is 1.48 bits per heavy atom. The normalized spacial score (nSPS) is 17.1. The molecule has 3 rings (SSSR count). The highest BCUT2D eigenvalue weighted by molar-refractivity contribution is 5.97. The van der Waals surface area contributed by atoms with Gasteiger partial charge in [0.05, 0.1) is 18.5 Å². The number of anilines is 1. The second-order valence-electron chi connectivity index (χ2n) is 5.97. The number of nitrogens with one attached hydrogen (secondary N) is 2. The van der Waals surface area contributed by atoms with Crippen molar-refractivity contribution in [1.82, 2.24) is 20.6 Å². The maximum Gasteiger partial charge on any atom is 0.274 e. The Morgan fingerprint density at radius 3 is 3.12 bits per heavy atom. The molecule has 4 N–H and O–H groups in total. The summed E-state index contributed by atoms with van der Waals surface area (Å²) in [6.07, 6.45) is 3.55. The topological polar surface area (TPSA) is 102 Å². The average molecular weight is 341 g/mol. The quantitative estimate of drug-likeness (QED) is 0.763. The van der Waals surface area contributed by atoms with Crippen LogP contribution in [0.2, 0.25) is 0 Å². The van der Waals surface area contributed by atoms with E-state index in [-0.39, 0.29) is 23.5 Å². The van der Waals surface area contributed by atoms with Gasteiger partial charge in [0, 0.05) is 18.2 Å². The predicted octanol–water partition coefficient (Wildman–Crippen LogP) is 1.61. The van der Waals surface area contributed by atoms with Gasteiger partial charge in [-0.1, -0.05) is 12.1 Å². The van der Waals surface area contributed by atoms with Gasteiger partial charge < -0.3 is 21.1 Å². The Labute approximate surface area is 147 Å². The lowest BCUT2D eigenvalue weighted by atomic mass is 10.1. The van der Waals surface area contributed by atoms with Crippen molar-refractivity contribution < 1.29 is 9.53 Å². The van der Waals surface area contributed by atoms with Crippen LogP contribution < -0.4 is 21.1 Å². The number of hydrogen-bond donors (Lipinski definition) is 3. The Morgan fingerprint density at radius 2 is 2.36 bits per heavy atom. The third-order valence-electron chi connectivity index (χ3n) is 4.09. The monoisotopic (exact) mass is 341 g/mol. The third-order valence-corrected chi connectivity index (χ3v) is 4.09. The van der Waals surface area contributed by atoms with E-state index in [0.29, 0.717) is 12.3 Å². The zero-order valence-corrected chi connectivity index (χ0v) is 14.3. The van der Waals surface area contributed by atoms with Crippen molar-refractivity contribution in [1.29, 1.82) is 0 Å². The number of piperidine rings is 1. The molecule has 1 aromatic carbocycles. The van der Waals surface area contributed by atoms with Gasteiger partial charge in [-0.3, -0.25) is 4.79 Å². The summed E-state index contributed by atoms with van der Waals surface area (Å²) in [4.78, 5) is 21.1. The number of nitrogens with two attached hydrogens (primary N) is 1. The molecule has 1 fully saturated rings. The largest absolute Gasteiger partial charge is 0.494 e. The number of aromatic nitrogens is 2. The summed E-state index contributed by atoms with van der Waals surface area (Å²) < 4.78 is 5.51. The maximum absolute atomic E-state index is 12.5. The third kappa shape index (κ3) is 4.24. The van der Waals surface area contributed by atoms with E-state index in [0.717, 1.165) is 37.2 Å². The molecular weight excluding hydrogens is 318 g/mol. The van der Waals surface area contributed by atoms with Crippen LogP contribution in [0.3, 0.4) is 0 Å². The smallest absolute Gasteiger partial charge is 0.274 e. The number of nitrogens with zero attached hydrogens (tertiary/aromatic N) is 2. The van der Waals surface area contributed by atoms with Gasteiger partial charge in [-0.05, 0) is 38.4 Å². The summed E-state index contributed by atoms with van der Waals surface area (Å²) in [5.41, 5.74) is 7.45. The number of ether oxygens (including phenoxy) is 1. The molecule has 0 aliphatic carbocycles. The number of carbonyl (C=O) groups excluding carboxylic acids is 1. The molecule has 1 aromatic heterocycles. The van der Waals surface area contributed by atoms with Crippen molar-refractivity contribution >= 4 is 11.7 Å². The number of amides is 1. The van der Waals surface area contributed by atoms with E-state index in [1.165, 1.54) is 0 Å². The van der Waals surface area contributed by atoms with E-state index in [4.69, 9.17) is 10.5 Å². The maximum atomic E-state index is 12.5. The van der Waals surface area contributed by atoms with E-state index < -0.39 is 0 Å². The fourth-order valence-electron chi connectivity index (χ4n) is 2.85. The van der Waals surface area contributed by atoms with Gasteiger partial charge in [-0.2, -0.15) is 0 Å². The Kier molecular flexibility index (Phi) is 5.45. The first-order valence-electron chi connectivity index (χ1n) is 8.54. The number of benzene rings is 1. The minimum Gasteiger partial charge on any atom is -0.494 e. The van der Waals surface area contributed by atoms with Crippen LogP contribution in [0.15, 0.2) is 30.5 Å². The number of hydrogen-bond acceptors (Lipinski definition) is 6. The molecule has 0 saturated carbocycles. The standard InChI is InChI=1S/C18H23N5O2/c1-2-25-14-7-3-5-12(9-14)15-11-21-17(19)16(23-15)18(24)22-13-6-4-8-20-10-13/h3,5,7,9,11,13,20H,2,4,6,8,10H2,1H3,(H2,19,21)(H,22,24). The zero-order chi connectivity index (χ0) is 17.6. The summed E-state index contributed by atoms with van der Waals surface area (Å²) in [6.45, 7) is 4.26. The Bertz CT molecular complexity index is 744. The van der Waals surface area contributed by atoms with E-state index in [1.807, 2.05) is 31.2 Å². The van der Waals surface area contributed by atoms with Gasteiger partial charge in [-0.15, -0.1) is 0 Å². The van der Waals surface area contributed by atoms with Crippen LogP contribution in [0.4, 0.5) is 5.82 Å². The second kappa shape index (κ2) is 7.94. The second-order valence-corrected chi connectivity index (χ2v) is 5.97. The molecule has 1 aliphatic rings. The molecule has 7 nitrogen and oxygen atoms in total. The molecule has 7 heteroatoms. The van der Waals surface area contributed by atoms with E-state index in [1.54, 1.807) is 6.20 Å². The van der Waals surface area contributed by atoms with E-state index in [9.17, 15) is 4.79 Å². The van der Waals surface area contributed by atoms with Crippen molar-refractivity contribution in [3.63, 3.8) is 0 Å². The van der Waals surface area contributed by atoms with E-state index in [2.05, 4.69) is 20.6 Å². The van der Waals surface area contributed by atoms with Crippen LogP contribution in [-0.4, -0.2) is 41.6 Å². The van der Waals surface area contributed by atoms with Crippen LogP contribution in [-0.2, 0) is 0 Å². The van der Waals surface area contributed by atoms with Crippen molar-refractivity contribution in [3.05, 3.63) is 36.2 Å². The average Bonchev–Trinajstić information content (AvgIpc) is 2.63. The van der Waals surface area contributed by atoms with Crippen LogP contribution in [0.25, 0.3) is 11.3 Å². The van der Waals surface area contributed by atoms with Crippen molar-refractivity contribution in [2.75, 3.05) is 25.4 Å². The van der Waals surface area contributed by atoms with Crippen LogP contribution >= 0.6 is 0 Å². The first-order valence-corrected chi connectivity index (χ1v) is 8.54. The molecule has 1 aliphatic heterocycles. The summed E-state index contributed by atoms with van der Waals surface area (Å²) in [7, 11) is 0. The fourth-order valence-corrected chi connectivity index (χ4v) is 2.85. The first-order chi connectivity index (χ1) is 12.2. The van der Waals surface area contributed by atoms with Crippen molar-refractivity contribution in [3.8, 4) is 17.0 Å². The van der Waals surface area contributed by atoms with Gasteiger partial charge in [0.15, 0.2) is 11.5 Å². The van der Waals surface area contributed by atoms with E-state index >= 15 is 0 Å². The molecular formula is C18H23N5O2. The molecule has 25 heavy (non-hydrogen) atoms. The first kappa shape index (κ1) is 17.2. The molecule has 1 saturated heterocycles. The Balaban J connectivity index is 1.82. The van der Waals surface area contributed by atoms with Gasteiger partial charge in [0.2, 0.25) is 0 Å². The molecule has 0 spiro atoms. The molecule has 1 atom stereocenters. The zero-order valence-electron chi connectivity index (χ0n) is 14.3.